The lowest BCUT2D eigenvalue weighted by molar-refractivity contribution is 0.00536. The first kappa shape index (κ1) is 13.1. The Kier molecular flexibility index (Phi) is 5.49. The third-order valence-electron chi connectivity index (χ3n) is 3.38. The van der Waals surface area contributed by atoms with E-state index in [4.69, 9.17) is 4.74 Å². The minimum atomic E-state index is 0.478. The summed E-state index contributed by atoms with van der Waals surface area (Å²) < 4.78 is 5.84. The lowest BCUT2D eigenvalue weighted by atomic mass is 9.98. The molecule has 1 fully saturated rings. The molecular weight excluding hydrogens is 230 g/mol. The summed E-state index contributed by atoms with van der Waals surface area (Å²) in [4.78, 5) is 0. The molecule has 1 aromatic rings. The standard InChI is InChI=1S/C14H23NOS/c1-2-15-13(9-12-6-8-17-11-12)10-14-5-3-4-7-16-14/h6,8,11,13-15H,2-5,7,9-10H2,1H3. The van der Waals surface area contributed by atoms with Crippen LogP contribution in [0.25, 0.3) is 0 Å². The van der Waals surface area contributed by atoms with Crippen LogP contribution in [0.4, 0.5) is 0 Å². The van der Waals surface area contributed by atoms with Crippen LogP contribution in [0.5, 0.6) is 0 Å². The first-order chi connectivity index (χ1) is 8.38. The van der Waals surface area contributed by atoms with Gasteiger partial charge in [-0.25, -0.2) is 0 Å². The van der Waals surface area contributed by atoms with Crippen molar-refractivity contribution in [3.63, 3.8) is 0 Å². The van der Waals surface area contributed by atoms with Crippen molar-refractivity contribution >= 4 is 11.3 Å². The second-order valence-corrected chi connectivity index (χ2v) is 5.59. The number of ether oxygens (including phenoxy) is 1. The Balaban J connectivity index is 1.83. The zero-order chi connectivity index (χ0) is 11.9. The molecule has 0 aliphatic carbocycles. The van der Waals surface area contributed by atoms with Crippen molar-refractivity contribution in [2.75, 3.05) is 13.2 Å². The van der Waals surface area contributed by atoms with E-state index < -0.39 is 0 Å². The van der Waals surface area contributed by atoms with Gasteiger partial charge in [0.1, 0.15) is 0 Å². The van der Waals surface area contributed by atoms with Gasteiger partial charge in [0.05, 0.1) is 6.10 Å². The van der Waals surface area contributed by atoms with Crippen molar-refractivity contribution in [2.24, 2.45) is 0 Å². The molecule has 2 atom stereocenters. The van der Waals surface area contributed by atoms with Crippen molar-refractivity contribution < 1.29 is 4.74 Å². The number of likely N-dealkylation sites (N-methyl/N-ethyl adjacent to an activating group) is 1. The average Bonchev–Trinajstić information content (AvgIpc) is 2.83. The monoisotopic (exact) mass is 253 g/mol. The number of hydrogen-bond acceptors (Lipinski definition) is 3. The van der Waals surface area contributed by atoms with Crippen LogP contribution in [0.1, 0.15) is 38.2 Å². The summed E-state index contributed by atoms with van der Waals surface area (Å²) in [5, 5.41) is 8.01. The van der Waals surface area contributed by atoms with E-state index in [0.717, 1.165) is 26.0 Å². The number of rotatable bonds is 6. The summed E-state index contributed by atoms with van der Waals surface area (Å²) >= 11 is 1.79. The Morgan fingerprint density at radius 1 is 1.53 bits per heavy atom. The van der Waals surface area contributed by atoms with E-state index in [1.54, 1.807) is 11.3 Å². The fraction of sp³-hybridized carbons (Fsp3) is 0.714. The molecule has 0 radical (unpaired) electrons. The maximum atomic E-state index is 5.84. The molecule has 1 N–H and O–H groups in total. The second-order valence-electron chi connectivity index (χ2n) is 4.81. The Morgan fingerprint density at radius 2 is 2.47 bits per heavy atom. The van der Waals surface area contributed by atoms with Gasteiger partial charge in [-0.3, -0.25) is 0 Å². The molecule has 96 valence electrons. The Labute approximate surface area is 108 Å². The predicted octanol–water partition coefficient (Wildman–Crippen LogP) is 3.23. The molecule has 3 heteroatoms. The van der Waals surface area contributed by atoms with Crippen LogP contribution >= 0.6 is 11.3 Å². The van der Waals surface area contributed by atoms with Crippen LogP contribution in [-0.2, 0) is 11.2 Å². The van der Waals surface area contributed by atoms with Gasteiger partial charge in [0.15, 0.2) is 0 Å². The van der Waals surface area contributed by atoms with Crippen molar-refractivity contribution in [2.45, 2.75) is 51.2 Å². The predicted molar refractivity (Wildman–Crippen MR) is 73.7 cm³/mol. The van der Waals surface area contributed by atoms with E-state index in [2.05, 4.69) is 29.1 Å². The molecule has 1 aliphatic rings. The summed E-state index contributed by atoms with van der Waals surface area (Å²) in [7, 11) is 0. The van der Waals surface area contributed by atoms with Crippen molar-refractivity contribution in [1.82, 2.24) is 5.32 Å². The molecule has 0 saturated carbocycles. The van der Waals surface area contributed by atoms with E-state index >= 15 is 0 Å². The number of hydrogen-bond donors (Lipinski definition) is 1. The lowest BCUT2D eigenvalue weighted by Crippen LogP contribution is -2.36. The number of nitrogens with one attached hydrogen (secondary N) is 1. The SMILES string of the molecule is CCNC(Cc1ccsc1)CC1CCCCO1. The fourth-order valence-corrected chi connectivity index (χ4v) is 3.21. The molecule has 2 unspecified atom stereocenters. The van der Waals surface area contributed by atoms with Crippen LogP contribution in [0.15, 0.2) is 16.8 Å². The summed E-state index contributed by atoms with van der Waals surface area (Å²) in [5.41, 5.74) is 1.46. The zero-order valence-corrected chi connectivity index (χ0v) is 11.5. The fourth-order valence-electron chi connectivity index (χ4n) is 2.53. The lowest BCUT2D eigenvalue weighted by Gasteiger charge is -2.27. The van der Waals surface area contributed by atoms with Gasteiger partial charge in [0.2, 0.25) is 0 Å². The van der Waals surface area contributed by atoms with Crippen LogP contribution in [-0.4, -0.2) is 25.3 Å². The molecule has 2 nitrogen and oxygen atoms in total. The van der Waals surface area contributed by atoms with E-state index in [-0.39, 0.29) is 0 Å². The van der Waals surface area contributed by atoms with Gasteiger partial charge in [0.25, 0.3) is 0 Å². The highest BCUT2D eigenvalue weighted by molar-refractivity contribution is 7.07. The van der Waals surface area contributed by atoms with Gasteiger partial charge in [0, 0.05) is 12.6 Å². The molecule has 0 aromatic carbocycles. The summed E-state index contributed by atoms with van der Waals surface area (Å²) in [6, 6.07) is 2.80. The molecule has 0 amide bonds. The van der Waals surface area contributed by atoms with Gasteiger partial charge in [-0.2, -0.15) is 11.3 Å². The topological polar surface area (TPSA) is 21.3 Å². The van der Waals surface area contributed by atoms with Gasteiger partial charge in [-0.1, -0.05) is 6.92 Å². The van der Waals surface area contributed by atoms with E-state index in [9.17, 15) is 0 Å². The van der Waals surface area contributed by atoms with E-state index in [0.29, 0.717) is 12.1 Å². The van der Waals surface area contributed by atoms with Crippen LogP contribution in [0.3, 0.4) is 0 Å². The zero-order valence-electron chi connectivity index (χ0n) is 10.7. The molecule has 0 spiro atoms. The molecule has 1 aliphatic heterocycles. The Bertz CT molecular complexity index is 293. The highest BCUT2D eigenvalue weighted by atomic mass is 32.1. The largest absolute Gasteiger partial charge is 0.378 e. The van der Waals surface area contributed by atoms with Gasteiger partial charge >= 0.3 is 0 Å². The van der Waals surface area contributed by atoms with Crippen molar-refractivity contribution in [1.29, 1.82) is 0 Å². The third kappa shape index (κ3) is 4.41. The quantitative estimate of drug-likeness (QED) is 0.840. The smallest absolute Gasteiger partial charge is 0.0590 e. The Hall–Kier alpha value is -0.380. The van der Waals surface area contributed by atoms with E-state index in [1.165, 1.54) is 24.8 Å². The molecule has 2 rings (SSSR count). The van der Waals surface area contributed by atoms with E-state index in [1.807, 2.05) is 0 Å². The highest BCUT2D eigenvalue weighted by Crippen LogP contribution is 2.19. The van der Waals surface area contributed by atoms with Crippen molar-refractivity contribution in [3.05, 3.63) is 22.4 Å². The molecule has 1 saturated heterocycles. The molecule has 17 heavy (non-hydrogen) atoms. The van der Waals surface area contributed by atoms with Gasteiger partial charge < -0.3 is 10.1 Å². The highest BCUT2D eigenvalue weighted by Gasteiger charge is 2.19. The average molecular weight is 253 g/mol. The molecule has 1 aromatic heterocycles. The first-order valence-electron chi connectivity index (χ1n) is 6.74. The minimum Gasteiger partial charge on any atom is -0.378 e. The van der Waals surface area contributed by atoms with Crippen LogP contribution < -0.4 is 5.32 Å². The van der Waals surface area contributed by atoms with Gasteiger partial charge in [-0.15, -0.1) is 0 Å². The summed E-state index contributed by atoms with van der Waals surface area (Å²) in [5.74, 6) is 0. The maximum absolute atomic E-state index is 5.84. The third-order valence-corrected chi connectivity index (χ3v) is 4.11. The first-order valence-corrected chi connectivity index (χ1v) is 7.69. The summed E-state index contributed by atoms with van der Waals surface area (Å²) in [6.07, 6.45) is 6.59. The Morgan fingerprint density at radius 3 is 3.12 bits per heavy atom. The molecule has 2 heterocycles. The number of thiophene rings is 1. The van der Waals surface area contributed by atoms with Crippen LogP contribution in [0, 0.1) is 0 Å². The van der Waals surface area contributed by atoms with Crippen LogP contribution in [0.2, 0.25) is 0 Å². The van der Waals surface area contributed by atoms with Gasteiger partial charge in [-0.05, 0) is 61.0 Å². The second kappa shape index (κ2) is 7.14. The normalized spacial score (nSPS) is 22.5. The molecular formula is C14H23NOS. The summed E-state index contributed by atoms with van der Waals surface area (Å²) in [6.45, 7) is 4.19. The minimum absolute atomic E-state index is 0.478. The maximum Gasteiger partial charge on any atom is 0.0590 e. The van der Waals surface area contributed by atoms with Crippen molar-refractivity contribution in [3.8, 4) is 0 Å². The molecule has 0 bridgehead atoms.